The van der Waals surface area contributed by atoms with Gasteiger partial charge in [-0.3, -0.25) is 0 Å². The minimum Gasteiger partial charge on any atom is -0.356 e. The Morgan fingerprint density at radius 1 is 1.06 bits per heavy atom. The zero-order valence-electron chi connectivity index (χ0n) is 8.33. The molecule has 3 aromatic heterocycles. The number of H-pyrrole nitrogens is 3. The molecule has 0 fully saturated rings. The summed E-state index contributed by atoms with van der Waals surface area (Å²) in [5.74, 6) is 1.89. The average Bonchev–Trinajstić information content (AvgIpc) is 2.94. The van der Waals surface area contributed by atoms with Gasteiger partial charge in [0.2, 0.25) is 0 Å². The summed E-state index contributed by atoms with van der Waals surface area (Å²) >= 11 is 0. The highest BCUT2D eigenvalue weighted by atomic mass is 15.3. The molecule has 16 heavy (non-hydrogen) atoms. The number of aromatic amines is 3. The van der Waals surface area contributed by atoms with Gasteiger partial charge in [-0.05, 0) is 12.1 Å². The first-order valence-electron chi connectivity index (χ1n) is 5.13. The first-order valence-corrected chi connectivity index (χ1v) is 5.13. The predicted octanol–water partition coefficient (Wildman–Crippen LogP) is 1.76. The van der Waals surface area contributed by atoms with E-state index in [0.29, 0.717) is 0 Å². The van der Waals surface area contributed by atoms with Crippen LogP contribution in [0.4, 0.5) is 11.5 Å². The number of rotatable bonds is 1. The van der Waals surface area contributed by atoms with Crippen LogP contribution in [0.15, 0.2) is 24.5 Å². The van der Waals surface area contributed by atoms with Crippen LogP contribution in [-0.2, 0) is 0 Å². The summed E-state index contributed by atoms with van der Waals surface area (Å²) in [6.07, 6.45) is 3.77. The van der Waals surface area contributed by atoms with Crippen molar-refractivity contribution in [2.24, 2.45) is 0 Å². The van der Waals surface area contributed by atoms with Gasteiger partial charge in [0.15, 0.2) is 17.6 Å². The molecule has 0 saturated heterocycles. The molecule has 4 rings (SSSR count). The highest BCUT2D eigenvalue weighted by Gasteiger charge is 2.24. The van der Waals surface area contributed by atoms with Crippen molar-refractivity contribution in [3.63, 3.8) is 0 Å². The topological polar surface area (TPSA) is 84.3 Å². The Morgan fingerprint density at radius 3 is 2.88 bits per heavy atom. The van der Waals surface area contributed by atoms with Crippen molar-refractivity contribution in [3.8, 4) is 0 Å². The third-order valence-corrected chi connectivity index (χ3v) is 2.83. The second-order valence-corrected chi connectivity index (χ2v) is 3.85. The Morgan fingerprint density at radius 2 is 2.00 bits per heavy atom. The number of hydrogen-bond donors (Lipinski definition) is 5. The molecule has 0 radical (unpaired) electrons. The van der Waals surface area contributed by atoms with Crippen molar-refractivity contribution in [1.82, 2.24) is 19.9 Å². The highest BCUT2D eigenvalue weighted by molar-refractivity contribution is 5.74. The highest BCUT2D eigenvalue weighted by Crippen LogP contribution is 2.33. The fourth-order valence-corrected chi connectivity index (χ4v) is 2.06. The number of hydrogen-bond acceptors (Lipinski definition) is 3. The van der Waals surface area contributed by atoms with Gasteiger partial charge in [-0.25, -0.2) is 4.98 Å². The third kappa shape index (κ3) is 0.928. The lowest BCUT2D eigenvalue weighted by Crippen LogP contribution is -2.14. The van der Waals surface area contributed by atoms with Crippen molar-refractivity contribution in [2.45, 2.75) is 6.17 Å². The summed E-state index contributed by atoms with van der Waals surface area (Å²) in [7, 11) is 0. The van der Waals surface area contributed by atoms with E-state index in [9.17, 15) is 0 Å². The van der Waals surface area contributed by atoms with Crippen LogP contribution in [-0.4, -0.2) is 19.9 Å². The molecule has 0 spiro atoms. The van der Waals surface area contributed by atoms with E-state index in [1.165, 1.54) is 0 Å². The molecular weight excluding hydrogens is 204 g/mol. The van der Waals surface area contributed by atoms with Gasteiger partial charge in [-0.15, -0.1) is 0 Å². The van der Waals surface area contributed by atoms with E-state index in [0.717, 1.165) is 28.5 Å². The summed E-state index contributed by atoms with van der Waals surface area (Å²) < 4.78 is 0. The van der Waals surface area contributed by atoms with E-state index in [2.05, 4.69) is 30.6 Å². The van der Waals surface area contributed by atoms with E-state index in [-0.39, 0.29) is 6.17 Å². The first-order chi connectivity index (χ1) is 7.90. The maximum atomic E-state index is 4.47. The van der Waals surface area contributed by atoms with Crippen molar-refractivity contribution < 1.29 is 0 Å². The molecule has 1 aliphatic heterocycles. The van der Waals surface area contributed by atoms with Gasteiger partial charge in [0.25, 0.3) is 0 Å². The Kier molecular flexibility index (Phi) is 1.28. The van der Waals surface area contributed by atoms with Gasteiger partial charge in [0, 0.05) is 12.4 Å². The zero-order valence-corrected chi connectivity index (χ0v) is 8.33. The summed E-state index contributed by atoms with van der Waals surface area (Å²) in [5.41, 5.74) is 2.98. The molecule has 5 N–H and O–H groups in total. The van der Waals surface area contributed by atoms with Crippen LogP contribution >= 0.6 is 0 Å². The maximum Gasteiger partial charge on any atom is 0.158 e. The molecule has 0 amide bonds. The van der Waals surface area contributed by atoms with Gasteiger partial charge in [0.05, 0.1) is 11.2 Å². The van der Waals surface area contributed by atoms with Crippen molar-refractivity contribution in [3.05, 3.63) is 30.4 Å². The summed E-state index contributed by atoms with van der Waals surface area (Å²) in [6.45, 7) is 0. The number of nitrogens with zero attached hydrogens (tertiary/aromatic N) is 1. The van der Waals surface area contributed by atoms with Crippen molar-refractivity contribution >= 4 is 22.7 Å². The van der Waals surface area contributed by atoms with Crippen LogP contribution in [0.2, 0.25) is 0 Å². The van der Waals surface area contributed by atoms with Crippen molar-refractivity contribution in [2.75, 3.05) is 10.6 Å². The molecule has 80 valence electrons. The van der Waals surface area contributed by atoms with E-state index in [4.69, 9.17) is 0 Å². The molecule has 4 heterocycles. The van der Waals surface area contributed by atoms with Gasteiger partial charge >= 0.3 is 0 Å². The Labute approximate surface area is 90.5 Å². The van der Waals surface area contributed by atoms with Crippen LogP contribution < -0.4 is 10.6 Å². The molecule has 0 bridgehead atoms. The maximum absolute atomic E-state index is 4.47. The van der Waals surface area contributed by atoms with Gasteiger partial charge < -0.3 is 25.6 Å². The lowest BCUT2D eigenvalue weighted by atomic mass is 10.5. The molecule has 6 heteroatoms. The monoisotopic (exact) mass is 214 g/mol. The molecule has 1 unspecified atom stereocenters. The van der Waals surface area contributed by atoms with Gasteiger partial charge in [-0.2, -0.15) is 0 Å². The number of nitrogens with one attached hydrogen (secondary N) is 5. The number of aromatic nitrogens is 4. The number of imidazole rings is 1. The Hall–Kier alpha value is -2.37. The van der Waals surface area contributed by atoms with Crippen LogP contribution in [0.1, 0.15) is 12.0 Å². The number of anilines is 2. The largest absolute Gasteiger partial charge is 0.356 e. The second kappa shape index (κ2) is 2.60. The summed E-state index contributed by atoms with van der Waals surface area (Å²) in [6, 6.07) is 3.97. The fraction of sp³-hybridized carbons (Fsp3) is 0.100. The SMILES string of the molecule is c1cc2c([nH]1)NC(c1nc3[nH]ccc3[nH]1)N2. The quantitative estimate of drug-likeness (QED) is 0.428. The normalized spacial score (nSPS) is 18.4. The van der Waals surface area contributed by atoms with Crippen LogP contribution in [0, 0.1) is 0 Å². The lowest BCUT2D eigenvalue weighted by Gasteiger charge is -2.08. The molecule has 1 atom stereocenters. The summed E-state index contributed by atoms with van der Waals surface area (Å²) in [4.78, 5) is 13.9. The van der Waals surface area contributed by atoms with E-state index in [1.54, 1.807) is 0 Å². The first kappa shape index (κ1) is 7.86. The van der Waals surface area contributed by atoms with Gasteiger partial charge in [-0.1, -0.05) is 0 Å². The predicted molar refractivity (Wildman–Crippen MR) is 61.2 cm³/mol. The number of fused-ring (bicyclic) bond motifs is 2. The van der Waals surface area contributed by atoms with E-state index < -0.39 is 0 Å². The molecule has 0 saturated carbocycles. The minimum atomic E-state index is 0.00301. The fourth-order valence-electron chi connectivity index (χ4n) is 2.06. The third-order valence-electron chi connectivity index (χ3n) is 2.83. The Balaban J connectivity index is 1.73. The molecule has 1 aliphatic rings. The standard InChI is InChI=1S/C10H10N6/c1-3-11-7-5(1)13-9(15-7)10-14-6-2-4-12-8(6)16-10/h1-4,9,11-13,15H,(H,14,16). The van der Waals surface area contributed by atoms with Crippen LogP contribution in [0.3, 0.4) is 0 Å². The smallest absolute Gasteiger partial charge is 0.158 e. The minimum absolute atomic E-state index is 0.00301. The van der Waals surface area contributed by atoms with Gasteiger partial charge in [0.1, 0.15) is 5.82 Å². The Bertz CT molecular complexity index is 596. The molecule has 0 aliphatic carbocycles. The lowest BCUT2D eigenvalue weighted by molar-refractivity contribution is 0.852. The second-order valence-electron chi connectivity index (χ2n) is 3.85. The molecule has 0 aromatic carbocycles. The molecular formula is C10H10N6. The van der Waals surface area contributed by atoms with Crippen LogP contribution in [0.25, 0.3) is 11.2 Å². The molecule has 6 nitrogen and oxygen atoms in total. The zero-order chi connectivity index (χ0) is 10.5. The van der Waals surface area contributed by atoms with Crippen molar-refractivity contribution in [1.29, 1.82) is 0 Å². The van der Waals surface area contributed by atoms with E-state index in [1.807, 2.05) is 24.5 Å². The summed E-state index contributed by atoms with van der Waals surface area (Å²) in [5, 5.41) is 6.64. The van der Waals surface area contributed by atoms with Crippen LogP contribution in [0.5, 0.6) is 0 Å². The molecule has 3 aromatic rings. The average molecular weight is 214 g/mol. The van der Waals surface area contributed by atoms with E-state index >= 15 is 0 Å².